The monoisotopic (exact) mass is 667 g/mol. The van der Waals surface area contributed by atoms with Gasteiger partial charge in [0.05, 0.1) is 19.1 Å². The van der Waals surface area contributed by atoms with Crippen molar-refractivity contribution in [2.75, 3.05) is 25.0 Å². The number of thiazole rings is 1. The Morgan fingerprint density at radius 3 is 2.37 bits per heavy atom. The maximum Gasteiger partial charge on any atom is 0.413 e. The fourth-order valence-electron chi connectivity index (χ4n) is 4.17. The number of hydrogen-bond donors (Lipinski definition) is 5. The molecule has 0 aromatic carbocycles. The second-order valence-corrected chi connectivity index (χ2v) is 13.7. The van der Waals surface area contributed by atoms with E-state index in [4.69, 9.17) is 19.0 Å². The average molecular weight is 668 g/mol. The Hall–Kier alpha value is -4.68. The number of nitrogens with zero attached hydrogens (tertiary/aromatic N) is 3. The molecule has 1 saturated carbocycles. The van der Waals surface area contributed by atoms with Gasteiger partial charge in [-0.05, 0) is 41.5 Å². The molecule has 2 saturated heterocycles. The number of amides is 5. The Balaban J connectivity index is 1.40. The van der Waals surface area contributed by atoms with E-state index in [1.807, 2.05) is 0 Å². The number of anilines is 1. The van der Waals surface area contributed by atoms with Gasteiger partial charge in [-0.2, -0.15) is 0 Å². The summed E-state index contributed by atoms with van der Waals surface area (Å²) in [5, 5.41) is 24.9. The van der Waals surface area contributed by atoms with Crippen molar-refractivity contribution < 1.29 is 52.9 Å². The van der Waals surface area contributed by atoms with Gasteiger partial charge in [0.25, 0.3) is 5.91 Å². The topological polar surface area (TPSA) is 236 Å². The molecule has 252 valence electrons. The predicted molar refractivity (Wildman–Crippen MR) is 159 cm³/mol. The number of β-lactam (4-membered cyclic amide) rings is 1. The van der Waals surface area contributed by atoms with Crippen LogP contribution in [0.25, 0.3) is 0 Å². The lowest BCUT2D eigenvalue weighted by atomic mass is 9.98. The maximum absolute atomic E-state index is 13.4. The van der Waals surface area contributed by atoms with Gasteiger partial charge in [-0.1, -0.05) is 5.16 Å². The largest absolute Gasteiger partial charge is 0.478 e. The van der Waals surface area contributed by atoms with Crippen molar-refractivity contribution >= 4 is 58.2 Å². The minimum Gasteiger partial charge on any atom is -0.478 e. The third-order valence-corrected chi connectivity index (χ3v) is 7.27. The predicted octanol–water partition coefficient (Wildman–Crippen LogP) is 1.16. The zero-order valence-corrected chi connectivity index (χ0v) is 26.9. The molecule has 5 amide bonds. The summed E-state index contributed by atoms with van der Waals surface area (Å²) in [6.45, 7) is 10.3. The molecule has 1 aromatic heterocycles. The van der Waals surface area contributed by atoms with Crippen molar-refractivity contribution in [3.63, 3.8) is 0 Å². The number of nitrogens with one attached hydrogen (secondary N) is 4. The molecule has 0 spiro atoms. The minimum absolute atomic E-state index is 0.00438. The summed E-state index contributed by atoms with van der Waals surface area (Å²) < 4.78 is 15.7. The van der Waals surface area contributed by atoms with Crippen LogP contribution in [-0.4, -0.2) is 111 Å². The first-order valence-corrected chi connectivity index (χ1v) is 15.2. The summed E-state index contributed by atoms with van der Waals surface area (Å²) in [5.41, 5.74) is -3.55. The lowest BCUT2D eigenvalue weighted by Gasteiger charge is -2.38. The fourth-order valence-corrected chi connectivity index (χ4v) is 4.85. The lowest BCUT2D eigenvalue weighted by molar-refractivity contribution is -0.153. The van der Waals surface area contributed by atoms with Crippen LogP contribution < -0.4 is 21.3 Å². The van der Waals surface area contributed by atoms with Crippen molar-refractivity contribution in [3.8, 4) is 0 Å². The Kier molecular flexibility index (Phi) is 9.64. The van der Waals surface area contributed by atoms with Crippen molar-refractivity contribution in [1.29, 1.82) is 0 Å². The van der Waals surface area contributed by atoms with E-state index in [0.29, 0.717) is 0 Å². The van der Waals surface area contributed by atoms with Crippen LogP contribution in [0.3, 0.4) is 0 Å². The number of ether oxygens (including phenoxy) is 3. The molecular formula is C27H37N7O11S. The van der Waals surface area contributed by atoms with E-state index in [1.165, 1.54) is 10.3 Å². The number of carbonyl (C=O) groups is 6. The number of oxime groups is 1. The van der Waals surface area contributed by atoms with Crippen molar-refractivity contribution in [1.82, 2.24) is 25.8 Å². The van der Waals surface area contributed by atoms with E-state index in [0.717, 1.165) is 11.3 Å². The Morgan fingerprint density at radius 1 is 1.13 bits per heavy atom. The molecule has 46 heavy (non-hydrogen) atoms. The normalized spacial score (nSPS) is 22.1. The van der Waals surface area contributed by atoms with Gasteiger partial charge < -0.3 is 45.0 Å². The van der Waals surface area contributed by atoms with E-state index in [-0.39, 0.29) is 43.3 Å². The first kappa shape index (κ1) is 34.2. The van der Waals surface area contributed by atoms with Crippen LogP contribution in [0.2, 0.25) is 0 Å². The minimum atomic E-state index is -1.58. The SMILES string of the molecule is CC(C)(C)OC(=O)NC[C@@H]1CN(C[C@H]2NC(=O)[C@H]2NC(=O)/C(=N\OC2(C(=O)O)CC2)c2csc(NC(=O)OC(C)(C)C)n2)C(=O)O1. The zero-order valence-electron chi connectivity index (χ0n) is 26.1. The first-order valence-electron chi connectivity index (χ1n) is 14.3. The summed E-state index contributed by atoms with van der Waals surface area (Å²) in [5.74, 6) is -2.70. The lowest BCUT2D eigenvalue weighted by Crippen LogP contribution is -2.72. The molecule has 4 rings (SSSR count). The molecular weight excluding hydrogens is 630 g/mol. The molecule has 19 heteroatoms. The van der Waals surface area contributed by atoms with Crippen LogP contribution in [-0.2, 0) is 33.4 Å². The highest BCUT2D eigenvalue weighted by atomic mass is 32.1. The molecule has 5 N–H and O–H groups in total. The third-order valence-electron chi connectivity index (χ3n) is 6.51. The van der Waals surface area contributed by atoms with Crippen molar-refractivity contribution in [2.24, 2.45) is 5.16 Å². The molecule has 18 nitrogen and oxygen atoms in total. The number of carbonyl (C=O) groups excluding carboxylic acids is 5. The van der Waals surface area contributed by atoms with E-state index in [2.05, 4.69) is 31.4 Å². The molecule has 3 heterocycles. The second-order valence-electron chi connectivity index (χ2n) is 12.9. The summed E-state index contributed by atoms with van der Waals surface area (Å²) in [7, 11) is 0. The van der Waals surface area contributed by atoms with E-state index < -0.39 is 76.8 Å². The van der Waals surface area contributed by atoms with E-state index in [1.54, 1.807) is 41.5 Å². The van der Waals surface area contributed by atoms with Crippen LogP contribution in [0.1, 0.15) is 60.1 Å². The fraction of sp³-hybridized carbons (Fsp3) is 0.630. The van der Waals surface area contributed by atoms with E-state index in [9.17, 15) is 33.9 Å². The number of aliphatic carboxylic acids is 1. The molecule has 1 aromatic rings. The van der Waals surface area contributed by atoms with Gasteiger partial charge in [0.15, 0.2) is 10.8 Å². The smallest absolute Gasteiger partial charge is 0.413 e. The number of aromatic nitrogens is 1. The Morgan fingerprint density at radius 2 is 1.78 bits per heavy atom. The van der Waals surface area contributed by atoms with Crippen molar-refractivity contribution in [2.45, 2.75) is 89.4 Å². The summed E-state index contributed by atoms with van der Waals surface area (Å²) in [4.78, 5) is 84.8. The second kappa shape index (κ2) is 13.0. The maximum atomic E-state index is 13.4. The Labute approximate surface area is 267 Å². The number of hydrogen-bond acceptors (Lipinski definition) is 13. The highest BCUT2D eigenvalue weighted by Gasteiger charge is 2.55. The standard InChI is InChI=1S/C27H37N7O11S/c1-25(2,3)43-22(39)28-9-13-10-34(24(41)42-13)11-14-16(18(35)29-14)31-19(36)17(33-45-27(7-8-27)20(37)38)15-12-46-21(30-15)32-23(40)44-26(4,5)6/h12-14,16H,7-11H2,1-6H3,(H,28,39)(H,29,35)(H,31,36)(H,37,38)(H,30,32,40)/b33-17-/t13-,14-,16+/m1/s1. The number of cyclic esters (lactones) is 1. The zero-order chi connectivity index (χ0) is 34.0. The number of rotatable bonds is 11. The number of carboxylic acid groups (broad SMARTS) is 1. The van der Waals surface area contributed by atoms with Gasteiger partial charge in [0.2, 0.25) is 11.5 Å². The molecule has 0 bridgehead atoms. The molecule has 3 aliphatic rings. The summed E-state index contributed by atoms with van der Waals surface area (Å²) >= 11 is 0.947. The van der Waals surface area contributed by atoms with Crippen LogP contribution in [0.5, 0.6) is 0 Å². The van der Waals surface area contributed by atoms with Gasteiger partial charge in [-0.15, -0.1) is 11.3 Å². The number of alkyl carbamates (subject to hydrolysis) is 1. The summed E-state index contributed by atoms with van der Waals surface area (Å²) in [6, 6.07) is -1.81. The quantitative estimate of drug-likeness (QED) is 0.0967. The number of carboxylic acids is 1. The summed E-state index contributed by atoms with van der Waals surface area (Å²) in [6.07, 6.45) is -2.44. The molecule has 3 atom stereocenters. The molecule has 0 radical (unpaired) electrons. The van der Waals surface area contributed by atoms with Crippen LogP contribution in [0.15, 0.2) is 10.5 Å². The molecule has 0 unspecified atom stereocenters. The van der Waals surface area contributed by atoms with Gasteiger partial charge >= 0.3 is 24.2 Å². The first-order chi connectivity index (χ1) is 21.3. The van der Waals surface area contributed by atoms with E-state index >= 15 is 0 Å². The highest BCUT2D eigenvalue weighted by Crippen LogP contribution is 2.40. The van der Waals surface area contributed by atoms with Gasteiger partial charge in [0.1, 0.15) is 29.0 Å². The molecule has 3 fully saturated rings. The molecule has 2 aliphatic heterocycles. The highest BCUT2D eigenvalue weighted by molar-refractivity contribution is 7.14. The van der Waals surface area contributed by atoms with Crippen LogP contribution in [0.4, 0.5) is 19.5 Å². The van der Waals surface area contributed by atoms with Gasteiger partial charge in [0, 0.05) is 24.8 Å². The Bertz CT molecular complexity index is 1430. The van der Waals surface area contributed by atoms with Crippen LogP contribution in [0, 0.1) is 0 Å². The van der Waals surface area contributed by atoms with Gasteiger partial charge in [-0.25, -0.2) is 24.2 Å². The van der Waals surface area contributed by atoms with Gasteiger partial charge in [-0.3, -0.25) is 14.9 Å². The van der Waals surface area contributed by atoms with Crippen molar-refractivity contribution in [3.05, 3.63) is 11.1 Å². The average Bonchev–Trinajstić information content (AvgIpc) is 3.45. The third kappa shape index (κ3) is 8.95. The molecule has 1 aliphatic carbocycles. The van der Waals surface area contributed by atoms with Crippen LogP contribution >= 0.6 is 11.3 Å².